The van der Waals surface area contributed by atoms with E-state index in [4.69, 9.17) is 19.9 Å². The van der Waals surface area contributed by atoms with Crippen molar-refractivity contribution in [3.63, 3.8) is 0 Å². The normalized spacial score (nSPS) is 10.4. The number of rotatable bonds is 6. The standard InChI is InChI=1S/2C20H12F2N2.C5H8O2.Ir/c2*21-15-9-5-13(6-10-15)19-20(14-7-11-16(22)12-8-14)24-18-4-2-1-3-17(18)23-19;1-4(6)3-5(2)7;/h2*1-12H;3H2,1-2H3;/q;;;+3. The summed E-state index contributed by atoms with van der Waals surface area (Å²) in [6.07, 6.45) is 0.0833. The van der Waals surface area contributed by atoms with Crippen molar-refractivity contribution in [1.82, 2.24) is 19.9 Å². The van der Waals surface area contributed by atoms with E-state index in [9.17, 15) is 27.2 Å². The number of hydrogen-bond donors (Lipinski definition) is 0. The Kier molecular flexibility index (Phi) is 13.8. The summed E-state index contributed by atoms with van der Waals surface area (Å²) in [7, 11) is 0. The van der Waals surface area contributed by atoms with Gasteiger partial charge in [-0.3, -0.25) is 9.59 Å². The van der Waals surface area contributed by atoms with Gasteiger partial charge in [0.25, 0.3) is 0 Å². The van der Waals surface area contributed by atoms with Gasteiger partial charge >= 0.3 is 20.1 Å². The molecule has 2 aromatic heterocycles. The summed E-state index contributed by atoms with van der Waals surface area (Å²) in [6, 6.07) is 39.5. The molecule has 0 unspecified atom stereocenters. The van der Waals surface area contributed by atoms with Crippen LogP contribution in [0.2, 0.25) is 0 Å². The minimum atomic E-state index is -0.309. The second-order valence-corrected chi connectivity index (χ2v) is 12.4. The number of Topliss-reactive ketones (excluding diaryl/α,β-unsaturated/α-hetero) is 2. The van der Waals surface area contributed by atoms with Gasteiger partial charge in [0.15, 0.2) is 0 Å². The molecule has 0 saturated carbocycles. The maximum Gasteiger partial charge on any atom is 3.00 e. The zero-order chi connectivity index (χ0) is 38.9. The topological polar surface area (TPSA) is 85.7 Å². The van der Waals surface area contributed by atoms with Crippen LogP contribution in [0.1, 0.15) is 20.3 Å². The number of benzene rings is 6. The van der Waals surface area contributed by atoms with Gasteiger partial charge in [0.05, 0.1) is 51.3 Å². The molecule has 8 rings (SSSR count). The summed E-state index contributed by atoms with van der Waals surface area (Å²) in [5.74, 6) is -1.36. The molecule has 0 aliphatic carbocycles. The molecule has 0 saturated heterocycles. The molecule has 6 nitrogen and oxygen atoms in total. The van der Waals surface area contributed by atoms with E-state index in [1.807, 2.05) is 48.5 Å². The van der Waals surface area contributed by atoms with E-state index < -0.39 is 0 Å². The van der Waals surface area contributed by atoms with E-state index in [0.29, 0.717) is 22.8 Å². The number of hydrogen-bond acceptors (Lipinski definition) is 6. The van der Waals surface area contributed by atoms with Crippen LogP contribution in [0.25, 0.3) is 67.1 Å². The Hall–Kier alpha value is -6.29. The average Bonchev–Trinajstić information content (AvgIpc) is 3.18. The third-order valence-electron chi connectivity index (χ3n) is 8.11. The fourth-order valence-electron chi connectivity index (χ4n) is 5.59. The van der Waals surface area contributed by atoms with Crippen LogP contribution in [0.3, 0.4) is 0 Å². The molecule has 11 heteroatoms. The number of fused-ring (bicyclic) bond motifs is 2. The van der Waals surface area contributed by atoms with Gasteiger partial charge < -0.3 is 0 Å². The number of ketones is 2. The van der Waals surface area contributed by atoms with Crippen LogP contribution in [0.4, 0.5) is 17.6 Å². The van der Waals surface area contributed by atoms with Crippen LogP contribution >= 0.6 is 0 Å². The number of nitrogens with zero attached hydrogens (tertiary/aromatic N) is 4. The van der Waals surface area contributed by atoms with Gasteiger partial charge in [0, 0.05) is 22.3 Å². The van der Waals surface area contributed by atoms with Crippen LogP contribution < -0.4 is 0 Å². The fourth-order valence-corrected chi connectivity index (χ4v) is 5.59. The zero-order valence-electron chi connectivity index (χ0n) is 30.0. The van der Waals surface area contributed by atoms with E-state index in [-0.39, 0.29) is 61.4 Å². The first-order chi connectivity index (χ1) is 26.5. The van der Waals surface area contributed by atoms with Crippen molar-refractivity contribution in [2.75, 3.05) is 0 Å². The number of para-hydroxylation sites is 4. The van der Waals surface area contributed by atoms with Gasteiger partial charge in [-0.15, -0.1) is 0 Å². The third kappa shape index (κ3) is 10.5. The van der Waals surface area contributed by atoms with Crippen molar-refractivity contribution in [2.45, 2.75) is 20.3 Å². The van der Waals surface area contributed by atoms with E-state index in [1.54, 1.807) is 48.5 Å². The van der Waals surface area contributed by atoms with Gasteiger partial charge in [-0.25, -0.2) is 37.5 Å². The summed E-state index contributed by atoms with van der Waals surface area (Å²) < 4.78 is 53.0. The van der Waals surface area contributed by atoms with Crippen molar-refractivity contribution >= 4 is 33.6 Å². The largest absolute Gasteiger partial charge is 3.00 e. The maximum absolute atomic E-state index is 13.2. The molecule has 0 N–H and O–H groups in total. The monoisotopic (exact) mass is 929 g/mol. The van der Waals surface area contributed by atoms with Crippen LogP contribution in [-0.2, 0) is 29.7 Å². The van der Waals surface area contributed by atoms with Gasteiger partial charge in [-0.2, -0.15) is 0 Å². The molecule has 6 aromatic carbocycles. The molecule has 0 fully saturated rings. The van der Waals surface area contributed by atoms with Gasteiger partial charge in [-0.1, -0.05) is 24.3 Å². The summed E-state index contributed by atoms with van der Waals surface area (Å²) in [5, 5.41) is 0. The summed E-state index contributed by atoms with van der Waals surface area (Å²) in [4.78, 5) is 38.8. The molecule has 0 amide bonds. The molecule has 0 spiro atoms. The van der Waals surface area contributed by atoms with Crippen molar-refractivity contribution in [2.24, 2.45) is 0 Å². The minimum absolute atomic E-state index is 0. The molecule has 0 bridgehead atoms. The second-order valence-electron chi connectivity index (χ2n) is 12.4. The van der Waals surface area contributed by atoms with E-state index >= 15 is 0 Å². The first-order valence-corrected chi connectivity index (χ1v) is 17.1. The van der Waals surface area contributed by atoms with Crippen LogP contribution in [0, 0.1) is 23.3 Å². The molecular formula is C45H32F4IrN4O2+3. The summed E-state index contributed by atoms with van der Waals surface area (Å²) >= 11 is 0. The molecule has 0 atom stereocenters. The van der Waals surface area contributed by atoms with Crippen LogP contribution in [-0.4, -0.2) is 31.5 Å². The SMILES string of the molecule is CC(=O)CC(C)=O.Fc1ccc(-c2nc3ccccc3nc2-c2ccc(F)cc2)cc1.Fc1ccc(-c2nc3ccccc3nc2-c2ccc(F)cc2)cc1.[Ir+3]. The number of aromatic nitrogens is 4. The van der Waals surface area contributed by atoms with E-state index in [1.165, 1.54) is 62.4 Å². The maximum atomic E-state index is 13.2. The molecule has 0 aliphatic heterocycles. The van der Waals surface area contributed by atoms with Gasteiger partial charge in [-0.05, 0) is 135 Å². The molecule has 2 heterocycles. The minimum Gasteiger partial charge on any atom is -0.300 e. The Balaban J connectivity index is 0.000000181. The van der Waals surface area contributed by atoms with Crippen molar-refractivity contribution in [3.8, 4) is 45.0 Å². The summed E-state index contributed by atoms with van der Waals surface area (Å²) in [6.45, 7) is 2.81. The molecule has 0 radical (unpaired) electrons. The predicted molar refractivity (Wildman–Crippen MR) is 207 cm³/mol. The Labute approximate surface area is 333 Å². The fraction of sp³-hybridized carbons (Fsp3) is 0.0667. The Morgan fingerprint density at radius 1 is 0.375 bits per heavy atom. The third-order valence-corrected chi connectivity index (χ3v) is 8.11. The number of carbonyl (C=O) groups is 2. The van der Waals surface area contributed by atoms with E-state index in [2.05, 4.69) is 0 Å². The zero-order valence-corrected chi connectivity index (χ0v) is 32.4. The molecule has 56 heavy (non-hydrogen) atoms. The Bertz CT molecular complexity index is 2250. The van der Waals surface area contributed by atoms with Gasteiger partial charge in [0.1, 0.15) is 34.8 Å². The Morgan fingerprint density at radius 3 is 0.732 bits per heavy atom. The quantitative estimate of drug-likeness (QED) is 0.122. The van der Waals surface area contributed by atoms with Crippen LogP contribution in [0.5, 0.6) is 0 Å². The predicted octanol–water partition coefficient (Wildman–Crippen LogP) is 11.0. The first-order valence-electron chi connectivity index (χ1n) is 17.1. The van der Waals surface area contributed by atoms with E-state index in [0.717, 1.165) is 44.3 Å². The smallest absolute Gasteiger partial charge is 0.300 e. The van der Waals surface area contributed by atoms with Crippen LogP contribution in [0.15, 0.2) is 146 Å². The molecular weight excluding hydrogens is 897 g/mol. The van der Waals surface area contributed by atoms with Crippen molar-refractivity contribution < 1.29 is 47.3 Å². The first kappa shape index (κ1) is 40.9. The average molecular weight is 929 g/mol. The molecule has 8 aromatic rings. The van der Waals surface area contributed by atoms with Crippen molar-refractivity contribution in [1.29, 1.82) is 0 Å². The molecule has 278 valence electrons. The molecule has 0 aliphatic rings. The second kappa shape index (κ2) is 18.8. The van der Waals surface area contributed by atoms with Gasteiger partial charge in [0.2, 0.25) is 0 Å². The summed E-state index contributed by atoms with van der Waals surface area (Å²) in [5.41, 5.74) is 8.60. The van der Waals surface area contributed by atoms with Crippen molar-refractivity contribution in [3.05, 3.63) is 169 Å². The Morgan fingerprint density at radius 2 is 0.571 bits per heavy atom. The number of halogens is 4. The number of carbonyl (C=O) groups excluding carboxylic acids is 2.